The fraction of sp³-hybridized carbons (Fsp3) is 0.811. The summed E-state index contributed by atoms with van der Waals surface area (Å²) in [5.74, 6) is -0.444. The first-order chi connectivity index (χ1) is 20.2. The highest BCUT2D eigenvalue weighted by molar-refractivity contribution is 5.87. The molecule has 0 spiro atoms. The van der Waals surface area contributed by atoms with Crippen LogP contribution in [-0.4, -0.2) is 17.8 Å². The maximum absolute atomic E-state index is 11.9. The number of amides is 2. The van der Waals surface area contributed by atoms with Crippen molar-refractivity contribution in [2.24, 2.45) is 9.98 Å². The highest BCUT2D eigenvalue weighted by Gasteiger charge is 2.00. The Morgan fingerprint density at radius 3 is 1.00 bits per heavy atom. The van der Waals surface area contributed by atoms with Crippen LogP contribution < -0.4 is 0 Å². The van der Waals surface area contributed by atoms with Crippen LogP contribution in [0.25, 0.3) is 0 Å². The molecule has 0 aliphatic rings. The van der Waals surface area contributed by atoms with Gasteiger partial charge in [0, 0.05) is 12.8 Å². The molecule has 0 bridgehead atoms. The second-order valence-corrected chi connectivity index (χ2v) is 11.8. The maximum atomic E-state index is 11.9. The lowest BCUT2D eigenvalue weighted by Gasteiger charge is -1.99. The summed E-state index contributed by atoms with van der Waals surface area (Å²) in [4.78, 5) is 31.1. The van der Waals surface area contributed by atoms with E-state index < -0.39 is 0 Å². The van der Waals surface area contributed by atoms with Crippen LogP contribution in [0.15, 0.2) is 34.3 Å². The predicted molar refractivity (Wildman–Crippen MR) is 179 cm³/mol. The van der Waals surface area contributed by atoms with Crippen LogP contribution in [0, 0.1) is 0 Å². The number of hydrogen-bond acceptors (Lipinski definition) is 2. The van der Waals surface area contributed by atoms with Crippen molar-refractivity contribution >= 4 is 17.8 Å². The zero-order valence-corrected chi connectivity index (χ0v) is 27.3. The molecule has 0 fully saturated rings. The van der Waals surface area contributed by atoms with Gasteiger partial charge < -0.3 is 0 Å². The quantitative estimate of drug-likeness (QED) is 0.0490. The van der Waals surface area contributed by atoms with E-state index in [2.05, 4.69) is 54.1 Å². The van der Waals surface area contributed by atoms with Gasteiger partial charge in [0.25, 0.3) is 11.8 Å². The number of nitrogens with zero attached hydrogens (tertiary/aromatic N) is 2. The summed E-state index contributed by atoms with van der Waals surface area (Å²) in [6, 6.07) is 2.33. The zero-order chi connectivity index (χ0) is 29.9. The van der Waals surface area contributed by atoms with Crippen LogP contribution in [0.5, 0.6) is 0 Å². The van der Waals surface area contributed by atoms with Gasteiger partial charge in [-0.25, -0.2) is 0 Å². The summed E-state index contributed by atoms with van der Waals surface area (Å²) in [6.07, 6.45) is 42.3. The van der Waals surface area contributed by atoms with Crippen molar-refractivity contribution in [1.29, 1.82) is 0 Å². The summed E-state index contributed by atoms with van der Waals surface area (Å²) in [5.41, 5.74) is 0. The first-order valence-corrected chi connectivity index (χ1v) is 17.7. The minimum atomic E-state index is -0.222. The number of unbranched alkanes of at least 4 members (excludes halogenated alkanes) is 22. The SMILES string of the molecule is CCCCCCCCC=CCCCCCCCC(=O)N=C=NC(=O)CCCCCCCC=CCCCCCCCC. The van der Waals surface area contributed by atoms with Gasteiger partial charge in [0.15, 0.2) is 0 Å². The molecule has 0 radical (unpaired) electrons. The van der Waals surface area contributed by atoms with E-state index in [1.807, 2.05) is 0 Å². The minimum absolute atomic E-state index is 0.222. The van der Waals surface area contributed by atoms with Crippen LogP contribution in [-0.2, 0) is 9.59 Å². The van der Waals surface area contributed by atoms with E-state index in [-0.39, 0.29) is 11.8 Å². The zero-order valence-electron chi connectivity index (χ0n) is 27.3. The van der Waals surface area contributed by atoms with E-state index in [9.17, 15) is 9.59 Å². The Hall–Kier alpha value is -1.80. The third-order valence-corrected chi connectivity index (χ3v) is 7.65. The molecule has 236 valence electrons. The maximum Gasteiger partial charge on any atom is 0.255 e. The number of hydrogen-bond donors (Lipinski definition) is 0. The molecular weight excluding hydrogens is 504 g/mol. The highest BCUT2D eigenvalue weighted by atomic mass is 16.2. The largest absolute Gasteiger partial charge is 0.272 e. The normalized spacial score (nSPS) is 11.4. The average Bonchev–Trinajstić information content (AvgIpc) is 2.97. The monoisotopic (exact) mass is 571 g/mol. The van der Waals surface area contributed by atoms with Gasteiger partial charge in [-0.1, -0.05) is 141 Å². The summed E-state index contributed by atoms with van der Waals surface area (Å²) in [5, 5.41) is 0. The standard InChI is InChI=1S/C37H66N2O2/c1-3-5-7-9-11-13-15-17-19-21-23-25-27-29-31-33-36(40)38-35-39-37(41)34-32-30-28-26-24-22-20-18-16-14-12-10-8-6-4-2/h17-20H,3-16,21-34H2,1-2H3. The second kappa shape index (κ2) is 34.4. The summed E-state index contributed by atoms with van der Waals surface area (Å²) in [7, 11) is 0. The van der Waals surface area contributed by atoms with Gasteiger partial charge in [-0.05, 0) is 64.2 Å². The van der Waals surface area contributed by atoms with Crippen molar-refractivity contribution in [3.8, 4) is 0 Å². The Morgan fingerprint density at radius 1 is 0.415 bits per heavy atom. The van der Waals surface area contributed by atoms with E-state index in [1.165, 1.54) is 128 Å². The number of rotatable bonds is 30. The summed E-state index contributed by atoms with van der Waals surface area (Å²) >= 11 is 0. The molecule has 0 saturated carbocycles. The molecule has 0 aliphatic heterocycles. The number of allylic oxidation sites excluding steroid dienone is 4. The molecule has 0 unspecified atom stereocenters. The molecule has 0 rings (SSSR count). The number of carbonyl (C=O) groups excluding carboxylic acids is 2. The van der Waals surface area contributed by atoms with E-state index in [0.29, 0.717) is 12.8 Å². The van der Waals surface area contributed by atoms with Crippen molar-refractivity contribution in [3.05, 3.63) is 24.3 Å². The molecule has 41 heavy (non-hydrogen) atoms. The third-order valence-electron chi connectivity index (χ3n) is 7.65. The van der Waals surface area contributed by atoms with Gasteiger partial charge in [-0.3, -0.25) is 9.59 Å². The van der Waals surface area contributed by atoms with Gasteiger partial charge >= 0.3 is 0 Å². The highest BCUT2D eigenvalue weighted by Crippen LogP contribution is 2.12. The smallest absolute Gasteiger partial charge is 0.255 e. The lowest BCUT2D eigenvalue weighted by molar-refractivity contribution is -0.118. The molecule has 0 heterocycles. The Bertz CT molecular complexity index is 648. The van der Waals surface area contributed by atoms with E-state index in [0.717, 1.165) is 38.5 Å². The van der Waals surface area contributed by atoms with Crippen molar-refractivity contribution in [2.45, 2.75) is 194 Å². The average molecular weight is 571 g/mol. The molecular formula is C37H66N2O2. The lowest BCUT2D eigenvalue weighted by Crippen LogP contribution is -1.95. The van der Waals surface area contributed by atoms with Crippen molar-refractivity contribution in [3.63, 3.8) is 0 Å². The van der Waals surface area contributed by atoms with E-state index >= 15 is 0 Å². The van der Waals surface area contributed by atoms with Crippen molar-refractivity contribution < 1.29 is 9.59 Å². The van der Waals surface area contributed by atoms with Gasteiger partial charge in [0.05, 0.1) is 0 Å². The molecule has 4 nitrogen and oxygen atoms in total. The molecule has 0 atom stereocenters. The molecule has 0 saturated heterocycles. The number of carbonyl (C=O) groups is 2. The molecule has 0 aromatic rings. The Kier molecular flexibility index (Phi) is 32.9. The van der Waals surface area contributed by atoms with Gasteiger partial charge in [-0.15, -0.1) is 9.98 Å². The first kappa shape index (κ1) is 39.2. The fourth-order valence-corrected chi connectivity index (χ4v) is 4.94. The molecule has 0 aromatic heterocycles. The van der Waals surface area contributed by atoms with Crippen LogP contribution in [0.4, 0.5) is 0 Å². The first-order valence-electron chi connectivity index (χ1n) is 17.7. The van der Waals surface area contributed by atoms with Gasteiger partial charge in [0.1, 0.15) is 6.01 Å². The van der Waals surface area contributed by atoms with Crippen LogP contribution >= 0.6 is 0 Å². The number of aliphatic imine (C=N–C) groups is 2. The summed E-state index contributed by atoms with van der Waals surface area (Å²) < 4.78 is 0. The topological polar surface area (TPSA) is 58.9 Å². The fourth-order valence-electron chi connectivity index (χ4n) is 4.94. The lowest BCUT2D eigenvalue weighted by atomic mass is 10.1. The van der Waals surface area contributed by atoms with E-state index in [4.69, 9.17) is 0 Å². The molecule has 2 amide bonds. The predicted octanol–water partition coefficient (Wildman–Crippen LogP) is 12.3. The second-order valence-electron chi connectivity index (χ2n) is 11.8. The molecule has 4 heteroatoms. The minimum Gasteiger partial charge on any atom is -0.272 e. The van der Waals surface area contributed by atoms with Crippen molar-refractivity contribution in [2.75, 3.05) is 0 Å². The van der Waals surface area contributed by atoms with Gasteiger partial charge in [0.2, 0.25) is 0 Å². The van der Waals surface area contributed by atoms with Crippen LogP contribution in [0.3, 0.4) is 0 Å². The van der Waals surface area contributed by atoms with Crippen LogP contribution in [0.2, 0.25) is 0 Å². The third kappa shape index (κ3) is 34.3. The van der Waals surface area contributed by atoms with Gasteiger partial charge in [-0.2, -0.15) is 0 Å². The van der Waals surface area contributed by atoms with Crippen molar-refractivity contribution in [1.82, 2.24) is 0 Å². The summed E-state index contributed by atoms with van der Waals surface area (Å²) in [6.45, 7) is 4.53. The molecule has 0 aliphatic carbocycles. The molecule has 0 aromatic carbocycles. The molecule has 0 N–H and O–H groups in total. The van der Waals surface area contributed by atoms with E-state index in [1.54, 1.807) is 0 Å². The Balaban J connectivity index is 3.51. The Morgan fingerprint density at radius 2 is 0.683 bits per heavy atom. The Labute approximate surface area is 255 Å². The van der Waals surface area contributed by atoms with Crippen LogP contribution in [0.1, 0.15) is 194 Å².